The monoisotopic (exact) mass is 199 g/mol. The Morgan fingerprint density at radius 2 is 2.15 bits per heavy atom. The Kier molecular flexibility index (Phi) is 7.01. The maximum Gasteiger partial charge on any atom is 0.232 e. The Bertz CT molecular complexity index is 224. The Hall–Kier alpha value is -1.03. The van der Waals surface area contributed by atoms with E-state index in [-0.39, 0.29) is 11.0 Å². The van der Waals surface area contributed by atoms with Crippen LogP contribution in [0.25, 0.3) is 0 Å². The lowest BCUT2D eigenvalue weighted by atomic mass is 10.3. The van der Waals surface area contributed by atoms with Crippen LogP contribution < -0.4 is 4.72 Å². The highest BCUT2D eigenvalue weighted by molar-refractivity contribution is 8.12. The van der Waals surface area contributed by atoms with Gasteiger partial charge in [-0.1, -0.05) is 12.2 Å². The quantitative estimate of drug-likeness (QED) is 0.325. The van der Waals surface area contributed by atoms with E-state index in [0.717, 1.165) is 24.8 Å². The largest absolute Gasteiger partial charge is 0.294 e. The molecule has 0 aromatic rings. The van der Waals surface area contributed by atoms with Crippen LogP contribution in [-0.2, 0) is 9.59 Å². The zero-order valence-corrected chi connectivity index (χ0v) is 8.39. The smallest absolute Gasteiger partial charge is 0.232 e. The zero-order valence-electron chi connectivity index (χ0n) is 7.58. The van der Waals surface area contributed by atoms with E-state index in [4.69, 9.17) is 0 Å². The highest BCUT2D eigenvalue weighted by Crippen LogP contribution is 1.99. The van der Waals surface area contributed by atoms with Gasteiger partial charge in [-0.05, 0) is 18.9 Å². The number of allylic oxidation sites excluding steroid dienone is 2. The van der Waals surface area contributed by atoms with Crippen LogP contribution in [0.4, 0.5) is 0 Å². The standard InChI is InChI=1S/C9H13NO2S/c1-3-4-5-6-7-9(12)13-10-8(2)11/h3,6-7H,1,4-5H2,2H3,(H,10,11)/b7-6+. The lowest BCUT2D eigenvalue weighted by Crippen LogP contribution is -2.12. The van der Waals surface area contributed by atoms with Crippen LogP contribution in [0.2, 0.25) is 0 Å². The van der Waals surface area contributed by atoms with E-state index in [2.05, 4.69) is 11.3 Å². The van der Waals surface area contributed by atoms with Gasteiger partial charge in [-0.2, -0.15) is 0 Å². The van der Waals surface area contributed by atoms with E-state index in [9.17, 15) is 9.59 Å². The first kappa shape index (κ1) is 12.0. The minimum absolute atomic E-state index is 0.167. The van der Waals surface area contributed by atoms with Crippen molar-refractivity contribution in [2.24, 2.45) is 0 Å². The number of amides is 1. The SMILES string of the molecule is C=CCC/C=C/C(=O)SNC(C)=O. The molecule has 0 rings (SSSR count). The predicted octanol–water partition coefficient (Wildman–Crippen LogP) is 1.82. The van der Waals surface area contributed by atoms with Gasteiger partial charge in [0.15, 0.2) is 0 Å². The molecule has 0 unspecified atom stereocenters. The molecule has 0 fully saturated rings. The fourth-order valence-electron chi connectivity index (χ4n) is 0.550. The lowest BCUT2D eigenvalue weighted by molar-refractivity contribution is -0.117. The van der Waals surface area contributed by atoms with Crippen molar-refractivity contribution in [1.82, 2.24) is 4.72 Å². The van der Waals surface area contributed by atoms with Crippen LogP contribution in [0.3, 0.4) is 0 Å². The minimum Gasteiger partial charge on any atom is -0.294 e. The Labute approximate surface area is 82.4 Å². The number of nitrogens with one attached hydrogen (secondary N) is 1. The molecule has 13 heavy (non-hydrogen) atoms. The van der Waals surface area contributed by atoms with E-state index >= 15 is 0 Å². The van der Waals surface area contributed by atoms with E-state index in [0.29, 0.717) is 0 Å². The zero-order chi connectivity index (χ0) is 10.1. The van der Waals surface area contributed by atoms with E-state index in [1.807, 2.05) is 0 Å². The van der Waals surface area contributed by atoms with Crippen LogP contribution in [0.5, 0.6) is 0 Å². The van der Waals surface area contributed by atoms with Crippen molar-refractivity contribution in [2.45, 2.75) is 19.8 Å². The van der Waals surface area contributed by atoms with Crippen molar-refractivity contribution in [3.63, 3.8) is 0 Å². The number of hydrogen-bond acceptors (Lipinski definition) is 3. The maximum atomic E-state index is 10.9. The summed E-state index contributed by atoms with van der Waals surface area (Å²) in [4.78, 5) is 21.3. The van der Waals surface area contributed by atoms with Crippen LogP contribution >= 0.6 is 11.9 Å². The molecule has 0 bridgehead atoms. The molecule has 1 amide bonds. The van der Waals surface area contributed by atoms with Crippen LogP contribution in [-0.4, -0.2) is 11.0 Å². The van der Waals surface area contributed by atoms with Crippen molar-refractivity contribution in [3.8, 4) is 0 Å². The number of carbonyl (C=O) groups is 2. The van der Waals surface area contributed by atoms with E-state index in [1.165, 1.54) is 13.0 Å². The molecule has 0 aliphatic heterocycles. The summed E-state index contributed by atoms with van der Waals surface area (Å²) in [6.45, 7) is 4.92. The first-order chi connectivity index (χ1) is 6.16. The second kappa shape index (κ2) is 7.61. The molecule has 1 N–H and O–H groups in total. The normalized spacial score (nSPS) is 9.92. The van der Waals surface area contributed by atoms with Gasteiger partial charge in [0.1, 0.15) is 0 Å². The van der Waals surface area contributed by atoms with Crippen LogP contribution in [0.1, 0.15) is 19.8 Å². The van der Waals surface area contributed by atoms with Gasteiger partial charge in [-0.3, -0.25) is 14.3 Å². The molecule has 0 radical (unpaired) electrons. The third-order valence-electron chi connectivity index (χ3n) is 1.09. The first-order valence-corrected chi connectivity index (χ1v) is 4.73. The van der Waals surface area contributed by atoms with Crippen molar-refractivity contribution >= 4 is 23.0 Å². The lowest BCUT2D eigenvalue weighted by Gasteiger charge is -1.94. The van der Waals surface area contributed by atoms with Crippen LogP contribution in [0, 0.1) is 0 Å². The molecular formula is C9H13NO2S. The molecule has 3 nitrogen and oxygen atoms in total. The Morgan fingerprint density at radius 3 is 2.69 bits per heavy atom. The summed E-state index contributed by atoms with van der Waals surface area (Å²) in [6, 6.07) is 0. The van der Waals surface area contributed by atoms with Gasteiger partial charge in [0.2, 0.25) is 11.0 Å². The van der Waals surface area contributed by atoms with Gasteiger partial charge in [0.25, 0.3) is 0 Å². The number of rotatable bonds is 4. The van der Waals surface area contributed by atoms with Gasteiger partial charge < -0.3 is 0 Å². The highest BCUT2D eigenvalue weighted by atomic mass is 32.2. The molecule has 0 aromatic carbocycles. The molecule has 0 saturated heterocycles. The summed E-state index contributed by atoms with van der Waals surface area (Å²) in [5.41, 5.74) is 0. The second-order valence-electron chi connectivity index (χ2n) is 2.35. The maximum absolute atomic E-state index is 10.9. The summed E-state index contributed by atoms with van der Waals surface area (Å²) in [7, 11) is 0. The third kappa shape index (κ3) is 8.88. The van der Waals surface area contributed by atoms with Crippen molar-refractivity contribution < 1.29 is 9.59 Å². The number of unbranched alkanes of at least 4 members (excludes halogenated alkanes) is 1. The van der Waals surface area contributed by atoms with Gasteiger partial charge in [-0.25, -0.2) is 0 Å². The molecule has 72 valence electrons. The number of carbonyl (C=O) groups excluding carboxylic acids is 2. The topological polar surface area (TPSA) is 46.2 Å². The molecule has 0 aliphatic rings. The molecule has 0 atom stereocenters. The Balaban J connectivity index is 3.55. The van der Waals surface area contributed by atoms with Gasteiger partial charge in [0, 0.05) is 18.9 Å². The minimum atomic E-state index is -0.224. The first-order valence-electron chi connectivity index (χ1n) is 3.91. The Morgan fingerprint density at radius 1 is 1.46 bits per heavy atom. The van der Waals surface area contributed by atoms with Gasteiger partial charge in [0.05, 0.1) is 0 Å². The molecule has 0 aromatic heterocycles. The van der Waals surface area contributed by atoms with Gasteiger partial charge in [-0.15, -0.1) is 6.58 Å². The van der Waals surface area contributed by atoms with E-state index < -0.39 is 0 Å². The second-order valence-corrected chi connectivity index (χ2v) is 3.16. The van der Waals surface area contributed by atoms with Crippen molar-refractivity contribution in [3.05, 3.63) is 24.8 Å². The van der Waals surface area contributed by atoms with Gasteiger partial charge >= 0.3 is 0 Å². The molecule has 0 saturated carbocycles. The molecule has 0 spiro atoms. The molecular weight excluding hydrogens is 186 g/mol. The summed E-state index contributed by atoms with van der Waals surface area (Å²) in [6.07, 6.45) is 6.66. The van der Waals surface area contributed by atoms with Crippen molar-refractivity contribution in [1.29, 1.82) is 0 Å². The highest BCUT2D eigenvalue weighted by Gasteiger charge is 1.97. The molecule has 0 heterocycles. The summed E-state index contributed by atoms with van der Waals surface area (Å²) in [5, 5.41) is -0.167. The summed E-state index contributed by atoms with van der Waals surface area (Å²) >= 11 is 0.791. The average molecular weight is 199 g/mol. The third-order valence-corrected chi connectivity index (χ3v) is 1.81. The molecule has 4 heteroatoms. The van der Waals surface area contributed by atoms with Crippen molar-refractivity contribution in [2.75, 3.05) is 0 Å². The van der Waals surface area contributed by atoms with Crippen LogP contribution in [0.15, 0.2) is 24.8 Å². The summed E-state index contributed by atoms with van der Waals surface area (Å²) < 4.78 is 2.34. The summed E-state index contributed by atoms with van der Waals surface area (Å²) in [5.74, 6) is -0.224. The fourth-order valence-corrected chi connectivity index (χ4v) is 0.958. The number of hydrogen-bond donors (Lipinski definition) is 1. The van der Waals surface area contributed by atoms with E-state index in [1.54, 1.807) is 12.2 Å². The predicted molar refractivity (Wildman–Crippen MR) is 55.0 cm³/mol. The average Bonchev–Trinajstić information content (AvgIpc) is 2.09. The fraction of sp³-hybridized carbons (Fsp3) is 0.333. The molecule has 0 aliphatic carbocycles.